The van der Waals surface area contributed by atoms with E-state index in [-0.39, 0.29) is 0 Å². The lowest BCUT2D eigenvalue weighted by Gasteiger charge is -2.10. The lowest BCUT2D eigenvalue weighted by molar-refractivity contribution is 1.11. The number of pyridine rings is 2. The highest BCUT2D eigenvalue weighted by molar-refractivity contribution is 7.08. The van der Waals surface area contributed by atoms with Crippen LogP contribution in [0, 0.1) is 6.92 Å². The van der Waals surface area contributed by atoms with Gasteiger partial charge in [-0.3, -0.25) is 15.1 Å². The van der Waals surface area contributed by atoms with Crippen LogP contribution in [0.3, 0.4) is 0 Å². The van der Waals surface area contributed by atoms with Crippen molar-refractivity contribution >= 4 is 39.2 Å². The summed E-state index contributed by atoms with van der Waals surface area (Å²) in [6.45, 7) is 10.2. The van der Waals surface area contributed by atoms with Gasteiger partial charge >= 0.3 is 0 Å². The SMILES string of the molecule is C=C/C=C(/c1ccsc1)c1cc(-c2n[nH]c3cnc(-c4cncc(NC(=C)c5ccccc5)c4)cc23)[nH]c1C. The molecular formula is C32H26N6S. The molecule has 190 valence electrons. The molecule has 0 radical (unpaired) electrons. The highest BCUT2D eigenvalue weighted by Crippen LogP contribution is 2.34. The minimum absolute atomic E-state index is 0.806. The van der Waals surface area contributed by atoms with Crippen molar-refractivity contribution in [1.82, 2.24) is 25.1 Å². The summed E-state index contributed by atoms with van der Waals surface area (Å²) in [5.74, 6) is 0. The number of nitrogens with zero attached hydrogens (tertiary/aromatic N) is 3. The maximum atomic E-state index is 4.68. The van der Waals surface area contributed by atoms with Crippen LogP contribution in [0.4, 0.5) is 5.69 Å². The van der Waals surface area contributed by atoms with E-state index in [1.807, 2.05) is 60.9 Å². The molecule has 0 fully saturated rings. The van der Waals surface area contributed by atoms with E-state index in [1.54, 1.807) is 17.5 Å². The van der Waals surface area contributed by atoms with E-state index in [2.05, 4.69) is 79.5 Å². The molecule has 39 heavy (non-hydrogen) atoms. The summed E-state index contributed by atoms with van der Waals surface area (Å²) in [6.07, 6.45) is 9.29. The molecular weight excluding hydrogens is 500 g/mol. The number of allylic oxidation sites excluding steroid dienone is 2. The molecule has 0 atom stereocenters. The van der Waals surface area contributed by atoms with Crippen molar-refractivity contribution in [2.24, 2.45) is 0 Å². The highest BCUT2D eigenvalue weighted by atomic mass is 32.1. The van der Waals surface area contributed by atoms with Crippen LogP contribution < -0.4 is 5.32 Å². The first-order valence-electron chi connectivity index (χ1n) is 12.5. The van der Waals surface area contributed by atoms with Crippen LogP contribution in [0.5, 0.6) is 0 Å². The van der Waals surface area contributed by atoms with Crippen LogP contribution in [-0.4, -0.2) is 25.1 Å². The summed E-state index contributed by atoms with van der Waals surface area (Å²) < 4.78 is 0. The van der Waals surface area contributed by atoms with Gasteiger partial charge in [-0.25, -0.2) is 0 Å². The maximum absolute atomic E-state index is 4.68. The molecule has 0 aliphatic rings. The molecule has 0 aliphatic heterocycles. The zero-order valence-corrected chi connectivity index (χ0v) is 22.2. The Morgan fingerprint density at radius 3 is 2.69 bits per heavy atom. The van der Waals surface area contributed by atoms with Crippen LogP contribution in [-0.2, 0) is 0 Å². The quantitative estimate of drug-likeness (QED) is 0.175. The summed E-state index contributed by atoms with van der Waals surface area (Å²) in [6, 6.07) is 18.4. The Balaban J connectivity index is 1.34. The second kappa shape index (κ2) is 10.4. The monoisotopic (exact) mass is 526 g/mol. The van der Waals surface area contributed by atoms with E-state index in [1.165, 1.54) is 5.56 Å². The van der Waals surface area contributed by atoms with Crippen LogP contribution >= 0.6 is 11.3 Å². The van der Waals surface area contributed by atoms with Crippen molar-refractivity contribution in [3.63, 3.8) is 0 Å². The summed E-state index contributed by atoms with van der Waals surface area (Å²) >= 11 is 1.68. The van der Waals surface area contributed by atoms with Gasteiger partial charge in [0.1, 0.15) is 5.69 Å². The number of aromatic amines is 2. The zero-order chi connectivity index (χ0) is 26.8. The number of thiophene rings is 1. The van der Waals surface area contributed by atoms with E-state index >= 15 is 0 Å². The number of H-pyrrole nitrogens is 2. The number of fused-ring (bicyclic) bond motifs is 1. The van der Waals surface area contributed by atoms with E-state index < -0.39 is 0 Å². The van der Waals surface area contributed by atoms with E-state index in [0.717, 1.165) is 67.3 Å². The van der Waals surface area contributed by atoms with Crippen molar-refractivity contribution in [3.05, 3.63) is 132 Å². The van der Waals surface area contributed by atoms with Crippen molar-refractivity contribution in [2.45, 2.75) is 6.92 Å². The lowest BCUT2D eigenvalue weighted by atomic mass is 10.00. The lowest BCUT2D eigenvalue weighted by Crippen LogP contribution is -1.98. The predicted molar refractivity (Wildman–Crippen MR) is 162 cm³/mol. The molecule has 6 nitrogen and oxygen atoms in total. The summed E-state index contributed by atoms with van der Waals surface area (Å²) in [4.78, 5) is 12.7. The Kier molecular flexibility index (Phi) is 6.49. The second-order valence-electron chi connectivity index (χ2n) is 9.17. The van der Waals surface area contributed by atoms with Crippen LogP contribution in [0.2, 0.25) is 0 Å². The Labute approximate surface area is 230 Å². The van der Waals surface area contributed by atoms with Gasteiger partial charge in [-0.2, -0.15) is 16.4 Å². The van der Waals surface area contributed by atoms with Gasteiger partial charge in [0.05, 0.1) is 35.0 Å². The first-order valence-corrected chi connectivity index (χ1v) is 13.4. The molecule has 0 unspecified atom stereocenters. The Morgan fingerprint density at radius 2 is 1.90 bits per heavy atom. The average molecular weight is 527 g/mol. The van der Waals surface area contributed by atoms with Gasteiger partial charge in [0.15, 0.2) is 0 Å². The Bertz CT molecular complexity index is 1820. The second-order valence-corrected chi connectivity index (χ2v) is 9.95. The number of rotatable bonds is 8. The van der Waals surface area contributed by atoms with Crippen molar-refractivity contribution in [1.29, 1.82) is 0 Å². The number of hydrogen-bond acceptors (Lipinski definition) is 5. The third kappa shape index (κ3) is 4.83. The van der Waals surface area contributed by atoms with Gasteiger partial charge in [0, 0.05) is 34.1 Å². The molecule has 5 heterocycles. The molecule has 0 saturated carbocycles. The fourth-order valence-corrected chi connectivity index (χ4v) is 5.31. The Morgan fingerprint density at radius 1 is 1.03 bits per heavy atom. The predicted octanol–water partition coefficient (Wildman–Crippen LogP) is 8.09. The molecule has 6 rings (SSSR count). The Hall–Kier alpha value is -5.01. The number of aromatic nitrogens is 5. The molecule has 0 bridgehead atoms. The maximum Gasteiger partial charge on any atom is 0.116 e. The van der Waals surface area contributed by atoms with Crippen molar-refractivity contribution < 1.29 is 0 Å². The number of benzene rings is 1. The summed E-state index contributed by atoms with van der Waals surface area (Å²) in [7, 11) is 0. The van der Waals surface area contributed by atoms with E-state index in [9.17, 15) is 0 Å². The van der Waals surface area contributed by atoms with Gasteiger partial charge in [-0.15, -0.1) is 0 Å². The van der Waals surface area contributed by atoms with Crippen LogP contribution in [0.15, 0.2) is 109 Å². The fourth-order valence-electron chi connectivity index (χ4n) is 4.66. The first-order chi connectivity index (χ1) is 19.1. The van der Waals surface area contributed by atoms with Crippen LogP contribution in [0.1, 0.15) is 22.4 Å². The van der Waals surface area contributed by atoms with Gasteiger partial charge in [0.25, 0.3) is 0 Å². The highest BCUT2D eigenvalue weighted by Gasteiger charge is 2.17. The van der Waals surface area contributed by atoms with Crippen molar-refractivity contribution in [3.8, 4) is 22.6 Å². The number of hydrogen-bond donors (Lipinski definition) is 3. The van der Waals surface area contributed by atoms with Gasteiger partial charge < -0.3 is 10.3 Å². The molecule has 5 aromatic heterocycles. The molecule has 3 N–H and O–H groups in total. The van der Waals surface area contributed by atoms with Crippen molar-refractivity contribution in [2.75, 3.05) is 5.32 Å². The molecule has 6 aromatic rings. The fraction of sp³-hybridized carbons (Fsp3) is 0.0312. The largest absolute Gasteiger partial charge is 0.357 e. The molecule has 0 amide bonds. The third-order valence-corrected chi connectivity index (χ3v) is 7.26. The topological polar surface area (TPSA) is 82.3 Å². The zero-order valence-electron chi connectivity index (χ0n) is 21.4. The molecule has 7 heteroatoms. The number of aryl methyl sites for hydroxylation is 1. The third-order valence-electron chi connectivity index (χ3n) is 6.58. The van der Waals surface area contributed by atoms with E-state index in [4.69, 9.17) is 0 Å². The summed E-state index contributed by atoms with van der Waals surface area (Å²) in [5.41, 5.74) is 11.5. The number of anilines is 1. The molecule has 0 saturated heterocycles. The minimum atomic E-state index is 0.806. The average Bonchev–Trinajstić information content (AvgIpc) is 3.72. The van der Waals surface area contributed by atoms with Gasteiger partial charge in [-0.1, -0.05) is 55.6 Å². The van der Waals surface area contributed by atoms with Crippen LogP contribution in [0.25, 0.3) is 44.8 Å². The summed E-state index contributed by atoms with van der Waals surface area (Å²) in [5, 5.41) is 16.3. The first kappa shape index (κ1) is 24.3. The smallest absolute Gasteiger partial charge is 0.116 e. The van der Waals surface area contributed by atoms with Gasteiger partial charge in [0.2, 0.25) is 0 Å². The molecule has 0 aliphatic carbocycles. The molecule has 0 spiro atoms. The normalized spacial score (nSPS) is 11.6. The minimum Gasteiger partial charge on any atom is -0.357 e. The molecule has 1 aromatic carbocycles. The van der Waals surface area contributed by atoms with E-state index in [0.29, 0.717) is 0 Å². The standard InChI is InChI=1S/C32H26N6S/c1-4-8-26(23-11-12-39-19-23)27-14-30(36-21(27)3)32-28-15-29(34-18-31(28)37-38-32)24-13-25(17-33-16-24)35-20(2)22-9-6-5-7-10-22/h4-19,35-36H,1-2H2,3H3,(H,37,38)/b26-8-. The van der Waals surface area contributed by atoms with Gasteiger partial charge in [-0.05, 0) is 58.6 Å². The number of nitrogens with one attached hydrogen (secondary N) is 3.